The van der Waals surface area contributed by atoms with E-state index in [2.05, 4.69) is 10.2 Å². The molecular formula is C20H27N3O2. The summed E-state index contributed by atoms with van der Waals surface area (Å²) in [5.74, 6) is 0.356. The summed E-state index contributed by atoms with van der Waals surface area (Å²) in [5, 5.41) is 3.02. The lowest BCUT2D eigenvalue weighted by Gasteiger charge is -2.26. The van der Waals surface area contributed by atoms with Gasteiger partial charge in [-0.1, -0.05) is 6.42 Å². The zero-order chi connectivity index (χ0) is 17.2. The molecular weight excluding hydrogens is 314 g/mol. The molecule has 25 heavy (non-hydrogen) atoms. The van der Waals surface area contributed by atoms with Gasteiger partial charge in [0, 0.05) is 43.5 Å². The topological polar surface area (TPSA) is 52.7 Å². The fourth-order valence-corrected chi connectivity index (χ4v) is 4.02. The van der Waals surface area contributed by atoms with Crippen molar-refractivity contribution in [3.8, 4) is 0 Å². The smallest absolute Gasteiger partial charge is 0.256 e. The Balaban J connectivity index is 1.60. The van der Waals surface area contributed by atoms with E-state index in [0.29, 0.717) is 0 Å². The average Bonchev–Trinajstić information content (AvgIpc) is 3.26. The summed E-state index contributed by atoms with van der Waals surface area (Å²) in [6, 6.07) is 5.86. The molecule has 0 spiro atoms. The maximum atomic E-state index is 13.1. The van der Waals surface area contributed by atoms with Gasteiger partial charge in [-0.2, -0.15) is 0 Å². The molecule has 1 aromatic rings. The third kappa shape index (κ3) is 3.37. The highest BCUT2D eigenvalue weighted by Crippen LogP contribution is 2.31. The van der Waals surface area contributed by atoms with Crippen molar-refractivity contribution in [2.45, 2.75) is 44.9 Å². The lowest BCUT2D eigenvalue weighted by Crippen LogP contribution is -2.31. The largest absolute Gasteiger partial charge is 0.371 e. The molecule has 2 saturated heterocycles. The Bertz CT molecular complexity index is 657. The average molecular weight is 341 g/mol. The van der Waals surface area contributed by atoms with Crippen molar-refractivity contribution in [1.82, 2.24) is 4.90 Å². The second kappa shape index (κ2) is 7.06. The minimum absolute atomic E-state index is 0.0970. The molecule has 1 saturated carbocycles. The van der Waals surface area contributed by atoms with Crippen molar-refractivity contribution < 1.29 is 9.59 Å². The molecule has 2 heterocycles. The van der Waals surface area contributed by atoms with Gasteiger partial charge in [0.2, 0.25) is 5.91 Å². The number of nitrogens with zero attached hydrogens (tertiary/aromatic N) is 2. The number of nitrogens with one attached hydrogen (secondary N) is 1. The van der Waals surface area contributed by atoms with Crippen LogP contribution in [0.4, 0.5) is 11.4 Å². The number of carbonyl (C=O) groups is 2. The van der Waals surface area contributed by atoms with Gasteiger partial charge in [0.1, 0.15) is 0 Å². The van der Waals surface area contributed by atoms with Gasteiger partial charge in [-0.05, 0) is 56.7 Å². The Morgan fingerprint density at radius 3 is 2.24 bits per heavy atom. The Kier molecular flexibility index (Phi) is 4.64. The molecule has 2 amide bonds. The summed E-state index contributed by atoms with van der Waals surface area (Å²) < 4.78 is 0. The molecule has 2 aliphatic heterocycles. The van der Waals surface area contributed by atoms with E-state index in [0.717, 1.165) is 75.2 Å². The second-order valence-electron chi connectivity index (χ2n) is 7.54. The number of carbonyl (C=O) groups excluding carboxylic acids is 2. The molecule has 1 aromatic carbocycles. The van der Waals surface area contributed by atoms with Gasteiger partial charge in [-0.3, -0.25) is 9.59 Å². The number of amides is 2. The fraction of sp³-hybridized carbons (Fsp3) is 0.600. The molecule has 4 rings (SSSR count). The van der Waals surface area contributed by atoms with Crippen LogP contribution in [0.2, 0.25) is 0 Å². The normalized spacial score (nSPS) is 20.6. The van der Waals surface area contributed by atoms with Crippen LogP contribution >= 0.6 is 0 Å². The van der Waals surface area contributed by atoms with Crippen LogP contribution in [0.5, 0.6) is 0 Å². The van der Waals surface area contributed by atoms with Crippen molar-refractivity contribution in [2.75, 3.05) is 36.4 Å². The lowest BCUT2D eigenvalue weighted by atomic mass is 9.85. The standard InChI is InChI=1S/C20H27N3O2/c24-19(15-6-5-7-15)21-16-8-9-18(22-10-1-2-11-22)17(14-16)20(25)23-12-3-4-13-23/h8-9,14-15H,1-7,10-13H2,(H,21,24). The SMILES string of the molecule is O=C(Nc1ccc(N2CCCC2)c(C(=O)N2CCCC2)c1)C1CCC1. The monoisotopic (exact) mass is 341 g/mol. The first kappa shape index (κ1) is 16.4. The van der Waals surface area contributed by atoms with Gasteiger partial charge in [0.05, 0.1) is 5.56 Å². The maximum absolute atomic E-state index is 13.1. The predicted octanol–water partition coefficient (Wildman–Crippen LogP) is 3.26. The molecule has 5 heteroatoms. The van der Waals surface area contributed by atoms with Crippen molar-refractivity contribution in [1.29, 1.82) is 0 Å². The molecule has 134 valence electrons. The molecule has 0 atom stereocenters. The molecule has 3 fully saturated rings. The van der Waals surface area contributed by atoms with Crippen LogP contribution in [-0.4, -0.2) is 42.9 Å². The van der Waals surface area contributed by atoms with Crippen LogP contribution in [-0.2, 0) is 4.79 Å². The summed E-state index contributed by atoms with van der Waals surface area (Å²) in [6.07, 6.45) is 7.64. The highest BCUT2D eigenvalue weighted by Gasteiger charge is 2.27. The number of anilines is 2. The third-order valence-corrected chi connectivity index (χ3v) is 5.81. The fourth-order valence-electron chi connectivity index (χ4n) is 4.02. The number of rotatable bonds is 4. The quantitative estimate of drug-likeness (QED) is 0.914. The zero-order valence-electron chi connectivity index (χ0n) is 14.8. The maximum Gasteiger partial charge on any atom is 0.256 e. The van der Waals surface area contributed by atoms with E-state index in [-0.39, 0.29) is 17.7 Å². The Morgan fingerprint density at radius 2 is 1.60 bits per heavy atom. The number of hydrogen-bond donors (Lipinski definition) is 1. The van der Waals surface area contributed by atoms with Crippen LogP contribution < -0.4 is 10.2 Å². The van der Waals surface area contributed by atoms with Gasteiger partial charge in [0.25, 0.3) is 5.91 Å². The summed E-state index contributed by atoms with van der Waals surface area (Å²) >= 11 is 0. The van der Waals surface area contributed by atoms with E-state index in [1.807, 2.05) is 23.1 Å². The molecule has 5 nitrogen and oxygen atoms in total. The highest BCUT2D eigenvalue weighted by molar-refractivity contribution is 6.02. The van der Waals surface area contributed by atoms with E-state index < -0.39 is 0 Å². The first-order chi connectivity index (χ1) is 12.2. The van der Waals surface area contributed by atoms with E-state index in [4.69, 9.17) is 0 Å². The number of likely N-dealkylation sites (tertiary alicyclic amines) is 1. The van der Waals surface area contributed by atoms with E-state index in [1.54, 1.807) is 0 Å². The molecule has 0 radical (unpaired) electrons. The van der Waals surface area contributed by atoms with Crippen LogP contribution in [0.1, 0.15) is 55.3 Å². The van der Waals surface area contributed by atoms with Gasteiger partial charge >= 0.3 is 0 Å². The first-order valence-corrected chi connectivity index (χ1v) is 9.71. The van der Waals surface area contributed by atoms with Gasteiger partial charge in [-0.15, -0.1) is 0 Å². The molecule has 1 N–H and O–H groups in total. The summed E-state index contributed by atoms with van der Waals surface area (Å²) in [7, 11) is 0. The number of hydrogen-bond acceptors (Lipinski definition) is 3. The van der Waals surface area contributed by atoms with Crippen molar-refractivity contribution in [3.05, 3.63) is 23.8 Å². The van der Waals surface area contributed by atoms with Crippen LogP contribution in [0, 0.1) is 5.92 Å². The lowest BCUT2D eigenvalue weighted by molar-refractivity contribution is -0.122. The van der Waals surface area contributed by atoms with Crippen molar-refractivity contribution >= 4 is 23.2 Å². The van der Waals surface area contributed by atoms with Crippen LogP contribution in [0.25, 0.3) is 0 Å². The molecule has 3 aliphatic rings. The summed E-state index contributed by atoms with van der Waals surface area (Å²) in [5.41, 5.74) is 2.52. The molecule has 0 bridgehead atoms. The van der Waals surface area contributed by atoms with Crippen LogP contribution in [0.15, 0.2) is 18.2 Å². The Morgan fingerprint density at radius 1 is 0.920 bits per heavy atom. The van der Waals surface area contributed by atoms with Gasteiger partial charge in [0.15, 0.2) is 0 Å². The Labute approximate surface area is 149 Å². The minimum atomic E-state index is 0.0970. The zero-order valence-corrected chi connectivity index (χ0v) is 14.8. The van der Waals surface area contributed by atoms with E-state index in [1.165, 1.54) is 12.8 Å². The number of benzene rings is 1. The third-order valence-electron chi connectivity index (χ3n) is 5.81. The van der Waals surface area contributed by atoms with Crippen molar-refractivity contribution in [3.63, 3.8) is 0 Å². The summed E-state index contributed by atoms with van der Waals surface area (Å²) in [4.78, 5) is 29.6. The molecule has 0 aromatic heterocycles. The van der Waals surface area contributed by atoms with Crippen molar-refractivity contribution in [2.24, 2.45) is 5.92 Å². The van der Waals surface area contributed by atoms with Gasteiger partial charge in [-0.25, -0.2) is 0 Å². The minimum Gasteiger partial charge on any atom is -0.371 e. The second-order valence-corrected chi connectivity index (χ2v) is 7.54. The summed E-state index contributed by atoms with van der Waals surface area (Å²) in [6.45, 7) is 3.70. The first-order valence-electron chi connectivity index (χ1n) is 9.71. The Hall–Kier alpha value is -2.04. The molecule has 0 unspecified atom stereocenters. The van der Waals surface area contributed by atoms with E-state index >= 15 is 0 Å². The van der Waals surface area contributed by atoms with Crippen LogP contribution in [0.3, 0.4) is 0 Å². The van der Waals surface area contributed by atoms with E-state index in [9.17, 15) is 9.59 Å². The predicted molar refractivity (Wildman–Crippen MR) is 99.0 cm³/mol. The van der Waals surface area contributed by atoms with Gasteiger partial charge < -0.3 is 15.1 Å². The molecule has 1 aliphatic carbocycles. The highest BCUT2D eigenvalue weighted by atomic mass is 16.2.